The fourth-order valence-electron chi connectivity index (χ4n) is 1.30. The lowest BCUT2D eigenvalue weighted by atomic mass is 10.1. The quantitative estimate of drug-likeness (QED) is 0.728. The fourth-order valence-corrected chi connectivity index (χ4v) is 4.42. The average molecular weight is 325 g/mol. The van der Waals surface area contributed by atoms with Crippen LogP contribution in [-0.4, -0.2) is 46.1 Å². The Balaban J connectivity index is 2.76. The molecule has 0 heterocycles. The summed E-state index contributed by atoms with van der Waals surface area (Å²) in [5.41, 5.74) is 0.190. The number of benzene rings is 1. The van der Waals surface area contributed by atoms with Crippen molar-refractivity contribution in [1.82, 2.24) is 0 Å². The summed E-state index contributed by atoms with van der Waals surface area (Å²) in [4.78, 5) is 11.7. The first-order valence-corrected chi connectivity index (χ1v) is 9.52. The zero-order valence-corrected chi connectivity index (χ0v) is 12.6. The molecule has 0 aliphatic carbocycles. The third-order valence-corrected chi connectivity index (χ3v) is 5.23. The molecule has 5 nitrogen and oxygen atoms in total. The Bertz CT molecular complexity index is 677. The summed E-state index contributed by atoms with van der Waals surface area (Å²) >= 11 is 5.70. The van der Waals surface area contributed by atoms with Crippen molar-refractivity contribution in [2.45, 2.75) is 0 Å². The van der Waals surface area contributed by atoms with Gasteiger partial charge in [0.2, 0.25) is 0 Å². The van der Waals surface area contributed by atoms with Gasteiger partial charge in [-0.15, -0.1) is 0 Å². The van der Waals surface area contributed by atoms with Crippen LogP contribution >= 0.6 is 11.6 Å². The molecule has 0 atom stereocenters. The van der Waals surface area contributed by atoms with E-state index in [0.717, 1.165) is 6.26 Å². The third kappa shape index (κ3) is 6.17. The Labute approximate surface area is 117 Å². The lowest BCUT2D eigenvalue weighted by Gasteiger charge is -2.04. The summed E-state index contributed by atoms with van der Waals surface area (Å²) < 4.78 is 45.1. The van der Waals surface area contributed by atoms with Crippen LogP contribution in [0.15, 0.2) is 24.3 Å². The number of hydrogen-bond acceptors (Lipinski definition) is 5. The van der Waals surface area contributed by atoms with E-state index >= 15 is 0 Å². The minimum Gasteiger partial charge on any atom is -0.293 e. The summed E-state index contributed by atoms with van der Waals surface area (Å²) in [6.45, 7) is 0. The molecule has 0 aliphatic rings. The molecule has 0 spiro atoms. The molecule has 0 N–H and O–H groups in total. The maximum Gasteiger partial charge on any atom is 0.177 e. The molecule has 0 saturated heterocycles. The fraction of sp³-hybridized carbons (Fsp3) is 0.364. The van der Waals surface area contributed by atoms with E-state index < -0.39 is 42.7 Å². The molecular weight excluding hydrogens is 312 g/mol. The van der Waals surface area contributed by atoms with Gasteiger partial charge in [0.05, 0.1) is 11.5 Å². The van der Waals surface area contributed by atoms with Gasteiger partial charge < -0.3 is 0 Å². The van der Waals surface area contributed by atoms with Crippen LogP contribution < -0.4 is 0 Å². The second-order valence-corrected chi connectivity index (χ2v) is 9.04. The van der Waals surface area contributed by atoms with Crippen molar-refractivity contribution in [3.05, 3.63) is 34.9 Å². The molecular formula is C11H13ClO5S2. The zero-order valence-electron chi connectivity index (χ0n) is 10.2. The van der Waals surface area contributed by atoms with Crippen molar-refractivity contribution < 1.29 is 21.6 Å². The zero-order chi connectivity index (χ0) is 14.7. The smallest absolute Gasteiger partial charge is 0.177 e. The highest BCUT2D eigenvalue weighted by molar-refractivity contribution is 7.95. The van der Waals surface area contributed by atoms with Gasteiger partial charge in [0, 0.05) is 16.8 Å². The summed E-state index contributed by atoms with van der Waals surface area (Å²) in [6, 6.07) is 5.94. The minimum absolute atomic E-state index is 0.190. The molecule has 8 heteroatoms. The van der Waals surface area contributed by atoms with Gasteiger partial charge in [0.25, 0.3) is 0 Å². The first-order chi connectivity index (χ1) is 8.59. The molecule has 0 saturated carbocycles. The van der Waals surface area contributed by atoms with E-state index in [-0.39, 0.29) is 5.56 Å². The van der Waals surface area contributed by atoms with Gasteiger partial charge in [0.15, 0.2) is 15.6 Å². The molecule has 0 amide bonds. The number of Topliss-reactive ketones (excluding diaryl/α,β-unsaturated/α-hetero) is 1. The number of hydrogen-bond donors (Lipinski definition) is 0. The van der Waals surface area contributed by atoms with Crippen LogP contribution in [0.25, 0.3) is 0 Å². The summed E-state index contributed by atoms with van der Waals surface area (Å²) in [5.74, 6) is -2.37. The largest absolute Gasteiger partial charge is 0.293 e. The second kappa shape index (κ2) is 6.02. The standard InChI is InChI=1S/C11H13ClO5S2/c1-18(14,15)5-6-19(16,17)8-11(13)9-3-2-4-10(12)7-9/h2-4,7H,5-6,8H2,1H3. The second-order valence-electron chi connectivity index (χ2n) is 4.16. The van der Waals surface area contributed by atoms with Crippen LogP contribution in [-0.2, 0) is 19.7 Å². The van der Waals surface area contributed by atoms with Gasteiger partial charge in [-0.05, 0) is 12.1 Å². The van der Waals surface area contributed by atoms with Crippen LogP contribution in [0, 0.1) is 0 Å². The number of sulfone groups is 2. The molecule has 1 aromatic carbocycles. The Morgan fingerprint density at radius 3 is 2.32 bits per heavy atom. The number of rotatable bonds is 6. The third-order valence-electron chi connectivity index (χ3n) is 2.26. The van der Waals surface area contributed by atoms with Crippen molar-refractivity contribution in [1.29, 1.82) is 0 Å². The highest BCUT2D eigenvalue weighted by atomic mass is 35.5. The van der Waals surface area contributed by atoms with E-state index in [0.29, 0.717) is 5.02 Å². The molecule has 0 unspecified atom stereocenters. The Morgan fingerprint density at radius 1 is 1.16 bits per heavy atom. The van der Waals surface area contributed by atoms with Gasteiger partial charge in [-0.3, -0.25) is 4.79 Å². The van der Waals surface area contributed by atoms with E-state index in [9.17, 15) is 21.6 Å². The van der Waals surface area contributed by atoms with Gasteiger partial charge in [-0.2, -0.15) is 0 Å². The molecule has 0 radical (unpaired) electrons. The molecule has 19 heavy (non-hydrogen) atoms. The van der Waals surface area contributed by atoms with Crippen LogP contribution in [0.2, 0.25) is 5.02 Å². The Kier molecular flexibility index (Phi) is 5.11. The van der Waals surface area contributed by atoms with E-state index in [1.165, 1.54) is 12.1 Å². The topological polar surface area (TPSA) is 85.3 Å². The van der Waals surface area contributed by atoms with Crippen molar-refractivity contribution in [2.75, 3.05) is 23.5 Å². The lowest BCUT2D eigenvalue weighted by molar-refractivity contribution is 0.102. The first-order valence-electron chi connectivity index (χ1n) is 5.26. The average Bonchev–Trinajstić information content (AvgIpc) is 2.25. The first kappa shape index (κ1) is 16.1. The Hall–Kier alpha value is -0.920. The van der Waals surface area contributed by atoms with Crippen LogP contribution in [0.1, 0.15) is 10.4 Å². The maximum absolute atomic E-state index is 11.7. The van der Waals surface area contributed by atoms with Gasteiger partial charge in [-0.25, -0.2) is 16.8 Å². The number of halogens is 1. The van der Waals surface area contributed by atoms with Crippen LogP contribution in [0.5, 0.6) is 0 Å². The summed E-state index contributed by atoms with van der Waals surface area (Å²) in [5, 5.41) is 0.333. The van der Waals surface area contributed by atoms with E-state index in [4.69, 9.17) is 11.6 Å². The van der Waals surface area contributed by atoms with E-state index in [1.54, 1.807) is 12.1 Å². The Morgan fingerprint density at radius 2 is 1.79 bits per heavy atom. The number of carbonyl (C=O) groups excluding carboxylic acids is 1. The molecule has 106 valence electrons. The number of carbonyl (C=O) groups is 1. The number of ketones is 1. The van der Waals surface area contributed by atoms with Crippen LogP contribution in [0.4, 0.5) is 0 Å². The van der Waals surface area contributed by atoms with Gasteiger partial charge in [-0.1, -0.05) is 23.7 Å². The van der Waals surface area contributed by atoms with E-state index in [1.807, 2.05) is 0 Å². The van der Waals surface area contributed by atoms with Crippen molar-refractivity contribution in [2.24, 2.45) is 0 Å². The highest BCUT2D eigenvalue weighted by Crippen LogP contribution is 2.12. The molecule has 1 rings (SSSR count). The van der Waals surface area contributed by atoms with Crippen molar-refractivity contribution >= 4 is 37.1 Å². The summed E-state index contributed by atoms with van der Waals surface area (Å²) in [6.07, 6.45) is 0.946. The van der Waals surface area contributed by atoms with E-state index in [2.05, 4.69) is 0 Å². The predicted molar refractivity (Wildman–Crippen MR) is 74.1 cm³/mol. The maximum atomic E-state index is 11.7. The lowest BCUT2D eigenvalue weighted by Crippen LogP contribution is -2.23. The van der Waals surface area contributed by atoms with Gasteiger partial charge >= 0.3 is 0 Å². The molecule has 0 aliphatic heterocycles. The monoisotopic (exact) mass is 324 g/mol. The highest BCUT2D eigenvalue weighted by Gasteiger charge is 2.20. The minimum atomic E-state index is -3.75. The molecule has 0 aromatic heterocycles. The predicted octanol–water partition coefficient (Wildman–Crippen LogP) is 0.982. The van der Waals surface area contributed by atoms with Gasteiger partial charge in [0.1, 0.15) is 15.6 Å². The molecule has 1 aromatic rings. The molecule has 0 fully saturated rings. The summed E-state index contributed by atoms with van der Waals surface area (Å²) in [7, 11) is -7.12. The van der Waals surface area contributed by atoms with Crippen LogP contribution in [0.3, 0.4) is 0 Å². The normalized spacial score (nSPS) is 12.3. The SMILES string of the molecule is CS(=O)(=O)CCS(=O)(=O)CC(=O)c1cccc(Cl)c1. The van der Waals surface area contributed by atoms with Crippen molar-refractivity contribution in [3.8, 4) is 0 Å². The van der Waals surface area contributed by atoms with Crippen molar-refractivity contribution in [3.63, 3.8) is 0 Å². The molecule has 0 bridgehead atoms.